The fourth-order valence-electron chi connectivity index (χ4n) is 1.71. The number of H-pyrrole nitrogens is 1. The van der Waals surface area contributed by atoms with Crippen LogP contribution in [0.15, 0.2) is 9.59 Å². The summed E-state index contributed by atoms with van der Waals surface area (Å²) in [6.07, 6.45) is 2.88. The quantitative estimate of drug-likeness (QED) is 0.704. The highest BCUT2D eigenvalue weighted by Crippen LogP contribution is 2.13. The fraction of sp³-hybridized carbons (Fsp3) is 0.636. The number of nitrogens with one attached hydrogen (secondary N) is 2. The summed E-state index contributed by atoms with van der Waals surface area (Å²) in [5.41, 5.74) is 5.09. The molecule has 0 bridgehead atoms. The second kappa shape index (κ2) is 5.56. The van der Waals surface area contributed by atoms with E-state index in [1.165, 1.54) is 11.6 Å². The number of hydrogen-bond acceptors (Lipinski definition) is 4. The number of nitrogen functional groups attached to an aromatic ring is 1. The van der Waals surface area contributed by atoms with Gasteiger partial charge in [0.15, 0.2) is 0 Å². The van der Waals surface area contributed by atoms with E-state index >= 15 is 0 Å². The van der Waals surface area contributed by atoms with E-state index in [0.717, 1.165) is 19.3 Å². The smallest absolute Gasteiger partial charge is 0.329 e. The van der Waals surface area contributed by atoms with Gasteiger partial charge in [0, 0.05) is 13.1 Å². The first-order chi connectivity index (χ1) is 8.01. The Morgan fingerprint density at radius 2 is 2.06 bits per heavy atom. The predicted octanol–water partition coefficient (Wildman–Crippen LogP) is 0.646. The number of nitrogens with zero attached hydrogens (tertiary/aromatic N) is 1. The van der Waals surface area contributed by atoms with Gasteiger partial charge < -0.3 is 11.1 Å². The van der Waals surface area contributed by atoms with E-state index in [-0.39, 0.29) is 17.5 Å². The Kier molecular flexibility index (Phi) is 4.37. The summed E-state index contributed by atoms with van der Waals surface area (Å²) >= 11 is 0. The molecule has 96 valence electrons. The molecule has 17 heavy (non-hydrogen) atoms. The zero-order chi connectivity index (χ0) is 13.0. The minimum absolute atomic E-state index is 0.174. The average Bonchev–Trinajstić information content (AvgIpc) is 2.30. The topological polar surface area (TPSA) is 92.9 Å². The zero-order valence-electron chi connectivity index (χ0n) is 10.5. The second-order valence-corrected chi connectivity index (χ2v) is 4.12. The Morgan fingerprint density at radius 1 is 1.41 bits per heavy atom. The SMILES string of the molecule is CCCC(CC)Nc1c(N)n(C)c(=O)[nH]c1=O. The highest BCUT2D eigenvalue weighted by molar-refractivity contribution is 5.60. The van der Waals surface area contributed by atoms with Gasteiger partial charge in [0.25, 0.3) is 5.56 Å². The molecule has 1 unspecified atom stereocenters. The first-order valence-electron chi connectivity index (χ1n) is 5.86. The summed E-state index contributed by atoms with van der Waals surface area (Å²) in [6.45, 7) is 4.12. The molecule has 0 amide bonds. The maximum Gasteiger partial charge on any atom is 0.329 e. The molecule has 0 saturated heterocycles. The molecule has 0 radical (unpaired) electrons. The highest BCUT2D eigenvalue weighted by atomic mass is 16.2. The number of hydrogen-bond donors (Lipinski definition) is 3. The maximum absolute atomic E-state index is 11.7. The number of aromatic nitrogens is 2. The molecule has 6 heteroatoms. The largest absolute Gasteiger partial charge is 0.383 e. The number of nitrogens with two attached hydrogens (primary N) is 1. The summed E-state index contributed by atoms with van der Waals surface area (Å²) in [4.78, 5) is 25.2. The summed E-state index contributed by atoms with van der Waals surface area (Å²) in [7, 11) is 1.53. The van der Waals surface area contributed by atoms with Crippen molar-refractivity contribution in [3.8, 4) is 0 Å². The van der Waals surface area contributed by atoms with E-state index in [1.807, 2.05) is 6.92 Å². The van der Waals surface area contributed by atoms with Crippen molar-refractivity contribution >= 4 is 11.5 Å². The van der Waals surface area contributed by atoms with Crippen LogP contribution >= 0.6 is 0 Å². The molecule has 1 heterocycles. The summed E-state index contributed by atoms with van der Waals surface area (Å²) in [5, 5.41) is 3.11. The second-order valence-electron chi connectivity index (χ2n) is 4.12. The molecule has 0 spiro atoms. The van der Waals surface area contributed by atoms with E-state index in [9.17, 15) is 9.59 Å². The number of anilines is 2. The van der Waals surface area contributed by atoms with Crippen LogP contribution in [0.3, 0.4) is 0 Å². The average molecular weight is 240 g/mol. The molecule has 1 rings (SSSR count). The van der Waals surface area contributed by atoms with Gasteiger partial charge in [0.1, 0.15) is 11.5 Å². The third kappa shape index (κ3) is 2.89. The van der Waals surface area contributed by atoms with Gasteiger partial charge in [-0.1, -0.05) is 20.3 Å². The lowest BCUT2D eigenvalue weighted by molar-refractivity contribution is 0.620. The molecule has 1 aromatic rings. The lowest BCUT2D eigenvalue weighted by Crippen LogP contribution is -2.34. The monoisotopic (exact) mass is 240 g/mol. The van der Waals surface area contributed by atoms with E-state index < -0.39 is 11.2 Å². The fourth-order valence-corrected chi connectivity index (χ4v) is 1.71. The molecule has 0 fully saturated rings. The Bertz CT molecular complexity index is 489. The molecule has 4 N–H and O–H groups in total. The lowest BCUT2D eigenvalue weighted by atomic mass is 10.1. The van der Waals surface area contributed by atoms with Crippen LogP contribution in [0, 0.1) is 0 Å². The normalized spacial score (nSPS) is 12.4. The van der Waals surface area contributed by atoms with Crippen LogP contribution in [0.2, 0.25) is 0 Å². The van der Waals surface area contributed by atoms with Crippen molar-refractivity contribution < 1.29 is 0 Å². The van der Waals surface area contributed by atoms with Crippen LogP contribution in [0.25, 0.3) is 0 Å². The molecule has 0 aromatic carbocycles. The third-order valence-corrected chi connectivity index (χ3v) is 2.85. The standard InChI is InChI=1S/C11H20N4O2/c1-4-6-7(5-2)13-8-9(12)15(3)11(17)14-10(8)16/h7,13H,4-6,12H2,1-3H3,(H,14,16,17). The minimum atomic E-state index is -0.499. The van der Waals surface area contributed by atoms with E-state index in [4.69, 9.17) is 5.73 Å². The summed E-state index contributed by atoms with van der Waals surface area (Å²) in [5.74, 6) is 0.174. The third-order valence-electron chi connectivity index (χ3n) is 2.85. The summed E-state index contributed by atoms with van der Waals surface area (Å²) in [6, 6.07) is 0.195. The van der Waals surface area contributed by atoms with Crippen molar-refractivity contribution in [2.24, 2.45) is 7.05 Å². The van der Waals surface area contributed by atoms with Crippen LogP contribution < -0.4 is 22.3 Å². The maximum atomic E-state index is 11.7. The molecule has 0 aliphatic rings. The van der Waals surface area contributed by atoms with Crippen molar-refractivity contribution in [3.05, 3.63) is 20.8 Å². The molecular formula is C11H20N4O2. The Labute approximate surface area is 99.8 Å². The summed E-state index contributed by atoms with van der Waals surface area (Å²) < 4.78 is 1.22. The van der Waals surface area contributed by atoms with Gasteiger partial charge in [-0.25, -0.2) is 4.79 Å². The first-order valence-corrected chi connectivity index (χ1v) is 5.86. The van der Waals surface area contributed by atoms with Gasteiger partial charge >= 0.3 is 5.69 Å². The van der Waals surface area contributed by atoms with Gasteiger partial charge in [0.05, 0.1) is 0 Å². The molecule has 1 atom stereocenters. The van der Waals surface area contributed by atoms with Crippen LogP contribution in [0.1, 0.15) is 33.1 Å². The van der Waals surface area contributed by atoms with Crippen LogP contribution in [-0.4, -0.2) is 15.6 Å². The van der Waals surface area contributed by atoms with Crippen LogP contribution in [0.4, 0.5) is 11.5 Å². The van der Waals surface area contributed by atoms with E-state index in [1.54, 1.807) is 0 Å². The van der Waals surface area contributed by atoms with Gasteiger partial charge in [-0.2, -0.15) is 0 Å². The van der Waals surface area contributed by atoms with Crippen LogP contribution in [-0.2, 0) is 7.05 Å². The van der Waals surface area contributed by atoms with E-state index in [2.05, 4.69) is 17.2 Å². The van der Waals surface area contributed by atoms with Gasteiger partial charge in [0.2, 0.25) is 0 Å². The minimum Gasteiger partial charge on any atom is -0.383 e. The number of rotatable bonds is 5. The van der Waals surface area contributed by atoms with Gasteiger partial charge in [-0.05, 0) is 12.8 Å². The Balaban J connectivity index is 3.10. The highest BCUT2D eigenvalue weighted by Gasteiger charge is 2.13. The van der Waals surface area contributed by atoms with E-state index in [0.29, 0.717) is 0 Å². The molecular weight excluding hydrogens is 220 g/mol. The van der Waals surface area contributed by atoms with Gasteiger partial charge in [-0.15, -0.1) is 0 Å². The van der Waals surface area contributed by atoms with Crippen molar-refractivity contribution in [2.75, 3.05) is 11.1 Å². The van der Waals surface area contributed by atoms with Crippen molar-refractivity contribution in [1.82, 2.24) is 9.55 Å². The Hall–Kier alpha value is -1.72. The molecule has 0 aliphatic heterocycles. The molecule has 0 aliphatic carbocycles. The number of aromatic amines is 1. The van der Waals surface area contributed by atoms with Crippen molar-refractivity contribution in [3.63, 3.8) is 0 Å². The lowest BCUT2D eigenvalue weighted by Gasteiger charge is -2.18. The predicted molar refractivity (Wildman–Crippen MR) is 69.3 cm³/mol. The zero-order valence-corrected chi connectivity index (χ0v) is 10.5. The first kappa shape index (κ1) is 13.3. The molecule has 6 nitrogen and oxygen atoms in total. The molecule has 0 saturated carbocycles. The molecule has 1 aromatic heterocycles. The Morgan fingerprint density at radius 3 is 2.59 bits per heavy atom. The van der Waals surface area contributed by atoms with Crippen LogP contribution in [0.5, 0.6) is 0 Å². The van der Waals surface area contributed by atoms with Crippen molar-refractivity contribution in [1.29, 1.82) is 0 Å². The van der Waals surface area contributed by atoms with Gasteiger partial charge in [-0.3, -0.25) is 14.3 Å². The van der Waals surface area contributed by atoms with Crippen molar-refractivity contribution in [2.45, 2.75) is 39.2 Å².